The molecule has 1 aromatic heterocycles. The topological polar surface area (TPSA) is 73.9 Å². The van der Waals surface area contributed by atoms with Gasteiger partial charge in [0.2, 0.25) is 6.79 Å². The van der Waals surface area contributed by atoms with Gasteiger partial charge < -0.3 is 19.5 Å². The first-order chi connectivity index (χ1) is 14.1. The van der Waals surface area contributed by atoms with Crippen molar-refractivity contribution in [2.45, 2.75) is 6.92 Å². The molecule has 1 amide bonds. The monoisotopic (exact) mass is 473 g/mol. The summed E-state index contributed by atoms with van der Waals surface area (Å²) in [6, 6.07) is 12.5. The molecule has 0 fully saturated rings. The van der Waals surface area contributed by atoms with Gasteiger partial charge in [-0.25, -0.2) is 4.79 Å². The zero-order chi connectivity index (χ0) is 20.4. The molecule has 1 N–H and O–H groups in total. The van der Waals surface area contributed by atoms with Gasteiger partial charge in [0, 0.05) is 21.0 Å². The van der Waals surface area contributed by atoms with E-state index in [1.807, 2.05) is 29.6 Å². The molecule has 3 aromatic rings. The van der Waals surface area contributed by atoms with Crippen molar-refractivity contribution in [1.82, 2.24) is 0 Å². The number of nitrogens with one attached hydrogen (secondary N) is 1. The van der Waals surface area contributed by atoms with Gasteiger partial charge in [-0.3, -0.25) is 4.79 Å². The molecule has 148 valence electrons. The Morgan fingerprint density at radius 3 is 2.66 bits per heavy atom. The SMILES string of the molecule is CCOC(=O)c1c(-c2ccc(Br)cc2)csc1NC(=O)c1ccc2c(c1)OCO2. The lowest BCUT2D eigenvalue weighted by molar-refractivity contribution is 0.0529. The van der Waals surface area contributed by atoms with Gasteiger partial charge in [-0.1, -0.05) is 28.1 Å². The molecule has 1 aliphatic heterocycles. The molecule has 0 aliphatic carbocycles. The number of fused-ring (bicyclic) bond motifs is 1. The van der Waals surface area contributed by atoms with Crippen molar-refractivity contribution < 1.29 is 23.8 Å². The number of hydrogen-bond acceptors (Lipinski definition) is 6. The van der Waals surface area contributed by atoms with Crippen molar-refractivity contribution in [3.8, 4) is 22.6 Å². The van der Waals surface area contributed by atoms with E-state index in [0.29, 0.717) is 33.2 Å². The van der Waals surface area contributed by atoms with Crippen LogP contribution in [0.1, 0.15) is 27.6 Å². The minimum Gasteiger partial charge on any atom is -0.462 e. The van der Waals surface area contributed by atoms with E-state index < -0.39 is 5.97 Å². The molecule has 0 unspecified atom stereocenters. The lowest BCUT2D eigenvalue weighted by Crippen LogP contribution is -2.14. The fraction of sp³-hybridized carbons (Fsp3) is 0.143. The molecule has 29 heavy (non-hydrogen) atoms. The van der Waals surface area contributed by atoms with E-state index in [1.54, 1.807) is 25.1 Å². The molecule has 0 spiro atoms. The number of amides is 1. The van der Waals surface area contributed by atoms with Crippen molar-refractivity contribution in [2.24, 2.45) is 0 Å². The minimum absolute atomic E-state index is 0.134. The van der Waals surface area contributed by atoms with Crippen molar-refractivity contribution >= 4 is 44.1 Å². The predicted octanol–water partition coefficient (Wildman–Crippen LogP) is 5.34. The summed E-state index contributed by atoms with van der Waals surface area (Å²) in [5, 5.41) is 5.10. The van der Waals surface area contributed by atoms with E-state index in [-0.39, 0.29) is 19.3 Å². The average molecular weight is 474 g/mol. The molecule has 2 aromatic carbocycles. The third-order valence-electron chi connectivity index (χ3n) is 4.29. The Morgan fingerprint density at radius 1 is 1.14 bits per heavy atom. The van der Waals surface area contributed by atoms with Gasteiger partial charge in [-0.15, -0.1) is 11.3 Å². The van der Waals surface area contributed by atoms with Crippen LogP contribution in [0.5, 0.6) is 11.5 Å². The maximum atomic E-state index is 12.8. The Balaban J connectivity index is 1.67. The van der Waals surface area contributed by atoms with Gasteiger partial charge in [0.05, 0.1) is 6.61 Å². The van der Waals surface area contributed by atoms with Gasteiger partial charge >= 0.3 is 5.97 Å². The second kappa shape index (κ2) is 8.26. The maximum absolute atomic E-state index is 12.8. The number of carbonyl (C=O) groups is 2. The number of carbonyl (C=O) groups excluding carboxylic acids is 2. The lowest BCUT2D eigenvalue weighted by atomic mass is 10.0. The van der Waals surface area contributed by atoms with Gasteiger partial charge in [-0.2, -0.15) is 0 Å². The van der Waals surface area contributed by atoms with E-state index in [0.717, 1.165) is 10.0 Å². The Morgan fingerprint density at radius 2 is 1.90 bits per heavy atom. The molecule has 0 atom stereocenters. The Kier molecular flexibility index (Phi) is 5.55. The number of rotatable bonds is 5. The van der Waals surface area contributed by atoms with Crippen LogP contribution in [0.4, 0.5) is 5.00 Å². The fourth-order valence-corrected chi connectivity index (χ4v) is 4.13. The molecule has 0 radical (unpaired) electrons. The summed E-state index contributed by atoms with van der Waals surface area (Å²) in [6.45, 7) is 2.12. The molecule has 0 saturated heterocycles. The highest BCUT2D eigenvalue weighted by Crippen LogP contribution is 2.37. The molecule has 0 saturated carbocycles. The van der Waals surface area contributed by atoms with E-state index >= 15 is 0 Å². The third kappa shape index (κ3) is 3.99. The van der Waals surface area contributed by atoms with Crippen LogP contribution in [0, 0.1) is 0 Å². The number of ether oxygens (including phenoxy) is 3. The van der Waals surface area contributed by atoms with Gasteiger partial charge in [0.25, 0.3) is 5.91 Å². The summed E-state index contributed by atoms with van der Waals surface area (Å²) >= 11 is 4.69. The lowest BCUT2D eigenvalue weighted by Gasteiger charge is -2.09. The standard InChI is InChI=1S/C21H16BrNO5S/c1-2-26-21(25)18-15(12-3-6-14(22)7-4-12)10-29-20(18)23-19(24)13-5-8-16-17(9-13)28-11-27-16/h3-10H,2,11H2,1H3,(H,23,24). The number of thiophene rings is 1. The summed E-state index contributed by atoms with van der Waals surface area (Å²) in [4.78, 5) is 25.4. The molecule has 4 rings (SSSR count). The highest BCUT2D eigenvalue weighted by atomic mass is 79.9. The van der Waals surface area contributed by atoms with Crippen LogP contribution in [0.3, 0.4) is 0 Å². The molecule has 6 nitrogen and oxygen atoms in total. The minimum atomic E-state index is -0.479. The van der Waals surface area contributed by atoms with Crippen molar-refractivity contribution in [3.05, 3.63) is 63.4 Å². The third-order valence-corrected chi connectivity index (χ3v) is 5.71. The van der Waals surface area contributed by atoms with E-state index in [9.17, 15) is 9.59 Å². The van der Waals surface area contributed by atoms with Gasteiger partial charge in [-0.05, 0) is 42.8 Å². The number of benzene rings is 2. The van der Waals surface area contributed by atoms with E-state index in [2.05, 4.69) is 21.2 Å². The van der Waals surface area contributed by atoms with Crippen LogP contribution < -0.4 is 14.8 Å². The second-order valence-corrected chi connectivity index (χ2v) is 7.90. The molecule has 2 heterocycles. The number of halogens is 1. The summed E-state index contributed by atoms with van der Waals surface area (Å²) < 4.78 is 16.8. The molecule has 0 bridgehead atoms. The Hall–Kier alpha value is -2.84. The summed E-state index contributed by atoms with van der Waals surface area (Å²) in [7, 11) is 0. The van der Waals surface area contributed by atoms with Crippen molar-refractivity contribution in [3.63, 3.8) is 0 Å². The first-order valence-electron chi connectivity index (χ1n) is 8.82. The predicted molar refractivity (Wildman–Crippen MR) is 114 cm³/mol. The van der Waals surface area contributed by atoms with Crippen LogP contribution in [0.25, 0.3) is 11.1 Å². The largest absolute Gasteiger partial charge is 0.462 e. The second-order valence-electron chi connectivity index (χ2n) is 6.10. The van der Waals surface area contributed by atoms with Crippen LogP contribution in [0.2, 0.25) is 0 Å². The van der Waals surface area contributed by atoms with Crippen LogP contribution in [-0.4, -0.2) is 25.3 Å². The number of esters is 1. The van der Waals surface area contributed by atoms with Gasteiger partial charge in [0.15, 0.2) is 11.5 Å². The Bertz CT molecular complexity index is 1080. The Labute approximate surface area is 179 Å². The summed E-state index contributed by atoms with van der Waals surface area (Å²) in [5.41, 5.74) is 2.31. The first-order valence-corrected chi connectivity index (χ1v) is 10.5. The van der Waals surface area contributed by atoms with E-state index in [4.69, 9.17) is 14.2 Å². The number of anilines is 1. The average Bonchev–Trinajstić information content (AvgIpc) is 3.35. The molecular formula is C21H16BrNO5S. The summed E-state index contributed by atoms with van der Waals surface area (Å²) in [5.74, 6) is 0.290. The normalized spacial score (nSPS) is 11.9. The smallest absolute Gasteiger partial charge is 0.341 e. The van der Waals surface area contributed by atoms with Crippen molar-refractivity contribution in [1.29, 1.82) is 0 Å². The van der Waals surface area contributed by atoms with Crippen LogP contribution in [0.15, 0.2) is 52.3 Å². The zero-order valence-corrected chi connectivity index (χ0v) is 17.8. The van der Waals surface area contributed by atoms with Crippen molar-refractivity contribution in [2.75, 3.05) is 18.7 Å². The number of hydrogen-bond donors (Lipinski definition) is 1. The first kappa shape index (κ1) is 19.5. The molecule has 1 aliphatic rings. The van der Waals surface area contributed by atoms with Crippen LogP contribution in [-0.2, 0) is 4.74 Å². The molecule has 8 heteroatoms. The fourth-order valence-electron chi connectivity index (χ4n) is 2.91. The highest BCUT2D eigenvalue weighted by Gasteiger charge is 2.24. The van der Waals surface area contributed by atoms with Crippen LogP contribution >= 0.6 is 27.3 Å². The van der Waals surface area contributed by atoms with E-state index in [1.165, 1.54) is 11.3 Å². The summed E-state index contributed by atoms with van der Waals surface area (Å²) in [6.07, 6.45) is 0. The quantitative estimate of drug-likeness (QED) is 0.506. The highest BCUT2D eigenvalue weighted by molar-refractivity contribution is 9.10. The zero-order valence-electron chi connectivity index (χ0n) is 15.4. The maximum Gasteiger partial charge on any atom is 0.341 e. The molecular weight excluding hydrogens is 458 g/mol. The van der Waals surface area contributed by atoms with Gasteiger partial charge in [0.1, 0.15) is 10.6 Å².